The van der Waals surface area contributed by atoms with E-state index in [9.17, 15) is 14.4 Å². The highest BCUT2D eigenvalue weighted by atomic mass is 16.2. The number of carbonyl (C=O) groups is 3. The van der Waals surface area contributed by atoms with Crippen LogP contribution in [-0.2, 0) is 9.59 Å². The van der Waals surface area contributed by atoms with Gasteiger partial charge in [0.1, 0.15) is 0 Å². The Kier molecular flexibility index (Phi) is 7.07. The molecule has 1 aromatic rings. The molecule has 1 saturated heterocycles. The molecule has 3 amide bonds. The number of fused-ring (bicyclic) bond motifs is 1. The fraction of sp³-hybridized carbons (Fsp3) is 0.522. The largest absolute Gasteiger partial charge is 0.352 e. The monoisotopic (exact) mass is 397 g/mol. The van der Waals surface area contributed by atoms with Crippen LogP contribution in [0.4, 0.5) is 5.69 Å². The molecule has 6 nitrogen and oxygen atoms in total. The lowest BCUT2D eigenvalue weighted by Crippen LogP contribution is -2.59. The summed E-state index contributed by atoms with van der Waals surface area (Å²) in [6.45, 7) is 4.96. The van der Waals surface area contributed by atoms with Crippen molar-refractivity contribution in [2.24, 2.45) is 17.8 Å². The van der Waals surface area contributed by atoms with Crippen LogP contribution in [0.25, 0.3) is 0 Å². The van der Waals surface area contributed by atoms with Crippen LogP contribution in [0.1, 0.15) is 62.7 Å². The van der Waals surface area contributed by atoms with Gasteiger partial charge in [-0.1, -0.05) is 51.3 Å². The molecule has 0 spiro atoms. The Labute approximate surface area is 172 Å². The molecule has 0 saturated carbocycles. The molecule has 0 bridgehead atoms. The normalized spacial score (nSPS) is 22.1. The van der Waals surface area contributed by atoms with Gasteiger partial charge in [0.25, 0.3) is 5.91 Å². The summed E-state index contributed by atoms with van der Waals surface area (Å²) in [6, 6.07) is 6.88. The Morgan fingerprint density at radius 3 is 2.69 bits per heavy atom. The summed E-state index contributed by atoms with van der Waals surface area (Å²) in [5, 5.41) is 4.32. The Hall–Kier alpha value is -2.63. The van der Waals surface area contributed by atoms with E-state index < -0.39 is 0 Å². The predicted octanol–water partition coefficient (Wildman–Crippen LogP) is 3.59. The molecular weight excluding hydrogens is 366 g/mol. The number of benzene rings is 1. The zero-order valence-electron chi connectivity index (χ0n) is 17.3. The highest BCUT2D eigenvalue weighted by Crippen LogP contribution is 2.32. The van der Waals surface area contributed by atoms with Gasteiger partial charge >= 0.3 is 0 Å². The first kappa shape index (κ1) is 21.1. The molecule has 2 aliphatic rings. The van der Waals surface area contributed by atoms with Gasteiger partial charge in [-0.15, -0.1) is 0 Å². The third-order valence-corrected chi connectivity index (χ3v) is 5.99. The standard InChI is InChI=1S/C23H31N3O3/c1-3-5-9-16(4-2)15-24-21(27)17-10-8-11-18(14-17)26-23(29)20-13-7-6-12-19(20)22(28)25-26/h6-8,10-11,14,16,19-20H,3-5,9,12-13,15H2,1-2H3,(H,24,27)(H,25,28). The summed E-state index contributed by atoms with van der Waals surface area (Å²) in [5.41, 5.74) is 3.71. The maximum Gasteiger partial charge on any atom is 0.251 e. The van der Waals surface area contributed by atoms with Crippen molar-refractivity contribution in [3.8, 4) is 0 Å². The topological polar surface area (TPSA) is 78.5 Å². The van der Waals surface area contributed by atoms with Crippen LogP contribution in [0.15, 0.2) is 36.4 Å². The first-order chi connectivity index (χ1) is 14.0. The quantitative estimate of drug-likeness (QED) is 0.658. The van der Waals surface area contributed by atoms with Crippen molar-refractivity contribution >= 4 is 23.4 Å². The zero-order chi connectivity index (χ0) is 20.8. The lowest BCUT2D eigenvalue weighted by Gasteiger charge is -2.38. The van der Waals surface area contributed by atoms with Crippen molar-refractivity contribution in [1.82, 2.24) is 10.7 Å². The van der Waals surface area contributed by atoms with Gasteiger partial charge < -0.3 is 5.32 Å². The summed E-state index contributed by atoms with van der Waals surface area (Å²) >= 11 is 0. The van der Waals surface area contributed by atoms with E-state index in [2.05, 4.69) is 24.6 Å². The number of anilines is 1. The van der Waals surface area contributed by atoms with Gasteiger partial charge in [0.15, 0.2) is 0 Å². The molecule has 1 heterocycles. The van der Waals surface area contributed by atoms with Gasteiger partial charge in [0.05, 0.1) is 17.5 Å². The number of unbranched alkanes of at least 4 members (excludes halogenated alkanes) is 1. The van der Waals surface area contributed by atoms with Gasteiger partial charge in [0.2, 0.25) is 11.8 Å². The SMILES string of the molecule is CCCCC(CC)CNC(=O)c1cccc(N2NC(=O)C3CC=CCC3C2=O)c1. The van der Waals surface area contributed by atoms with Crippen LogP contribution in [0.2, 0.25) is 0 Å². The number of hydrazine groups is 1. The van der Waals surface area contributed by atoms with E-state index in [-0.39, 0.29) is 29.6 Å². The van der Waals surface area contributed by atoms with Crippen LogP contribution in [0.3, 0.4) is 0 Å². The molecular formula is C23H31N3O3. The molecule has 1 fully saturated rings. The van der Waals surface area contributed by atoms with Crippen LogP contribution < -0.4 is 15.8 Å². The van der Waals surface area contributed by atoms with Crippen molar-refractivity contribution in [1.29, 1.82) is 0 Å². The Bertz CT molecular complexity index is 789. The van der Waals surface area contributed by atoms with Crippen molar-refractivity contribution in [2.75, 3.05) is 11.6 Å². The molecule has 29 heavy (non-hydrogen) atoms. The Balaban J connectivity index is 1.69. The smallest absolute Gasteiger partial charge is 0.251 e. The van der Waals surface area contributed by atoms with Crippen LogP contribution in [0.5, 0.6) is 0 Å². The Morgan fingerprint density at radius 2 is 1.97 bits per heavy atom. The van der Waals surface area contributed by atoms with E-state index in [1.165, 1.54) is 5.01 Å². The minimum atomic E-state index is -0.338. The number of carbonyl (C=O) groups excluding carboxylic acids is 3. The van der Waals surface area contributed by atoms with Gasteiger partial charge in [-0.25, -0.2) is 5.01 Å². The first-order valence-electron chi connectivity index (χ1n) is 10.7. The number of nitrogens with one attached hydrogen (secondary N) is 2. The second kappa shape index (κ2) is 9.72. The van der Waals surface area contributed by atoms with Crippen molar-refractivity contribution in [3.05, 3.63) is 42.0 Å². The highest BCUT2D eigenvalue weighted by Gasteiger charge is 2.42. The lowest BCUT2D eigenvalue weighted by atomic mass is 9.80. The number of rotatable bonds is 8. The summed E-state index contributed by atoms with van der Waals surface area (Å²) in [5.74, 6) is -0.588. The molecule has 2 N–H and O–H groups in total. The minimum Gasteiger partial charge on any atom is -0.352 e. The molecule has 3 unspecified atom stereocenters. The molecule has 0 radical (unpaired) electrons. The summed E-state index contributed by atoms with van der Waals surface area (Å²) < 4.78 is 0. The molecule has 1 aliphatic carbocycles. The summed E-state index contributed by atoms with van der Waals surface area (Å²) in [4.78, 5) is 38.0. The minimum absolute atomic E-state index is 0.123. The van der Waals surface area contributed by atoms with Crippen molar-refractivity contribution < 1.29 is 14.4 Å². The van der Waals surface area contributed by atoms with E-state index in [0.717, 1.165) is 25.7 Å². The molecule has 1 aliphatic heterocycles. The number of allylic oxidation sites excluding steroid dienone is 2. The second-order valence-electron chi connectivity index (χ2n) is 7.98. The summed E-state index contributed by atoms with van der Waals surface area (Å²) in [7, 11) is 0. The zero-order valence-corrected chi connectivity index (χ0v) is 17.3. The number of amides is 3. The van der Waals surface area contributed by atoms with Gasteiger partial charge in [0, 0.05) is 12.1 Å². The Morgan fingerprint density at radius 1 is 1.21 bits per heavy atom. The molecule has 1 aromatic carbocycles. The lowest BCUT2D eigenvalue weighted by molar-refractivity contribution is -0.139. The maximum atomic E-state index is 12.9. The molecule has 0 aromatic heterocycles. The fourth-order valence-corrected chi connectivity index (χ4v) is 4.05. The highest BCUT2D eigenvalue weighted by molar-refractivity contribution is 6.05. The molecule has 3 atom stereocenters. The third kappa shape index (κ3) is 4.86. The number of hydrogen-bond acceptors (Lipinski definition) is 3. The molecule has 6 heteroatoms. The van der Waals surface area contributed by atoms with E-state index in [4.69, 9.17) is 0 Å². The number of nitrogens with zero attached hydrogens (tertiary/aromatic N) is 1. The average molecular weight is 398 g/mol. The van der Waals surface area contributed by atoms with E-state index in [0.29, 0.717) is 36.6 Å². The van der Waals surface area contributed by atoms with E-state index >= 15 is 0 Å². The second-order valence-corrected chi connectivity index (χ2v) is 7.98. The van der Waals surface area contributed by atoms with Crippen LogP contribution >= 0.6 is 0 Å². The van der Waals surface area contributed by atoms with Gasteiger partial charge in [-0.3, -0.25) is 19.8 Å². The maximum absolute atomic E-state index is 12.9. The van der Waals surface area contributed by atoms with Crippen molar-refractivity contribution in [2.45, 2.75) is 52.4 Å². The molecule has 3 rings (SSSR count). The van der Waals surface area contributed by atoms with Crippen molar-refractivity contribution in [3.63, 3.8) is 0 Å². The van der Waals surface area contributed by atoms with Crippen LogP contribution in [0, 0.1) is 17.8 Å². The third-order valence-electron chi connectivity index (χ3n) is 5.99. The first-order valence-corrected chi connectivity index (χ1v) is 10.7. The summed E-state index contributed by atoms with van der Waals surface area (Å²) in [6.07, 6.45) is 9.54. The van der Waals surface area contributed by atoms with Gasteiger partial charge in [-0.05, 0) is 43.4 Å². The number of hydrogen-bond donors (Lipinski definition) is 2. The fourth-order valence-electron chi connectivity index (χ4n) is 4.05. The van der Waals surface area contributed by atoms with E-state index in [1.54, 1.807) is 24.3 Å². The van der Waals surface area contributed by atoms with E-state index in [1.807, 2.05) is 12.2 Å². The molecule has 156 valence electrons. The van der Waals surface area contributed by atoms with Gasteiger partial charge in [-0.2, -0.15) is 0 Å². The van der Waals surface area contributed by atoms with Crippen LogP contribution in [-0.4, -0.2) is 24.3 Å². The average Bonchev–Trinajstić information content (AvgIpc) is 2.76. The predicted molar refractivity (Wildman–Crippen MR) is 113 cm³/mol.